The van der Waals surface area contributed by atoms with Crippen LogP contribution in [0.3, 0.4) is 0 Å². The molecule has 1 aliphatic rings. The first kappa shape index (κ1) is 27.5. The Morgan fingerprint density at radius 3 is 2.50 bits per heavy atom. The van der Waals surface area contributed by atoms with Crippen molar-refractivity contribution in [1.29, 1.82) is 0 Å². The maximum absolute atomic E-state index is 14.1. The van der Waals surface area contributed by atoms with Crippen LogP contribution in [-0.4, -0.2) is 51.2 Å². The van der Waals surface area contributed by atoms with Crippen LogP contribution in [0.4, 0.5) is 23.4 Å². The molecule has 1 aliphatic heterocycles. The maximum Gasteiger partial charge on any atom is 0.297 e. The van der Waals surface area contributed by atoms with Gasteiger partial charge in [0.15, 0.2) is 5.82 Å². The topological polar surface area (TPSA) is 88.1 Å². The van der Waals surface area contributed by atoms with Crippen LogP contribution in [-0.2, 0) is 15.3 Å². The zero-order valence-corrected chi connectivity index (χ0v) is 21.9. The van der Waals surface area contributed by atoms with Crippen molar-refractivity contribution < 1.29 is 26.9 Å². The van der Waals surface area contributed by atoms with Crippen molar-refractivity contribution in [3.63, 3.8) is 0 Å². The number of fused-ring (bicyclic) bond motifs is 1. The van der Waals surface area contributed by atoms with Gasteiger partial charge in [-0.15, -0.1) is 6.42 Å². The third-order valence-corrected chi connectivity index (χ3v) is 9.64. The van der Waals surface area contributed by atoms with Crippen molar-refractivity contribution in [2.24, 2.45) is 0 Å². The summed E-state index contributed by atoms with van der Waals surface area (Å²) in [5.41, 5.74) is 0.754. The predicted octanol–water partition coefficient (Wildman–Crippen LogP) is 5.02. The number of nitrogens with zero attached hydrogens (tertiary/aromatic N) is 4. The normalized spacial score (nSPS) is 16.3. The van der Waals surface area contributed by atoms with Crippen LogP contribution in [0.5, 0.6) is 0 Å². The van der Waals surface area contributed by atoms with Crippen molar-refractivity contribution in [1.82, 2.24) is 19.9 Å². The molecule has 4 rings (SSSR count). The largest absolute Gasteiger partial charge is 0.352 e. The van der Waals surface area contributed by atoms with E-state index in [1.807, 2.05) is 0 Å². The molecule has 0 aliphatic carbocycles. The van der Waals surface area contributed by atoms with Crippen molar-refractivity contribution in [2.75, 3.05) is 30.7 Å². The Bertz CT molecular complexity index is 1470. The van der Waals surface area contributed by atoms with E-state index in [2.05, 4.69) is 26.2 Å². The first-order chi connectivity index (χ1) is 17.8. The Morgan fingerprint density at radius 2 is 1.92 bits per heavy atom. The summed E-state index contributed by atoms with van der Waals surface area (Å²) in [5.74, 6) is -1.56. The monoisotopic (exact) mass is 547 g/mol. The van der Waals surface area contributed by atoms with Crippen LogP contribution in [0.15, 0.2) is 30.5 Å². The van der Waals surface area contributed by atoms with Crippen LogP contribution in [0.2, 0.25) is 0 Å². The highest BCUT2D eigenvalue weighted by Gasteiger charge is 2.33. The highest BCUT2D eigenvalue weighted by atomic mass is 31.2. The Hall–Kier alpha value is -3.51. The molecule has 0 unspecified atom stereocenters. The fourth-order valence-electron chi connectivity index (χ4n) is 4.59. The number of aromatic nitrogens is 3. The Morgan fingerprint density at radius 1 is 1.24 bits per heavy atom. The number of carbonyl (C=O) groups is 1. The minimum Gasteiger partial charge on any atom is -0.352 e. The third-order valence-electron chi connectivity index (χ3n) is 6.71. The van der Waals surface area contributed by atoms with E-state index in [1.165, 1.54) is 38.2 Å². The number of anilines is 1. The number of amides is 1. The Labute approximate surface area is 217 Å². The number of nitrogens with one attached hydrogen (secondary N) is 1. The number of hydrogen-bond donors (Lipinski definition) is 1. The first-order valence-electron chi connectivity index (χ1n) is 11.8. The molecule has 1 amide bonds. The van der Waals surface area contributed by atoms with E-state index in [9.17, 15) is 26.9 Å². The second kappa shape index (κ2) is 10.3. The number of carbonyl (C=O) groups excluding carboxylic acids is 1. The van der Waals surface area contributed by atoms with Gasteiger partial charge in [0.05, 0.1) is 11.7 Å². The predicted molar refractivity (Wildman–Crippen MR) is 137 cm³/mol. The van der Waals surface area contributed by atoms with Gasteiger partial charge in [0.25, 0.3) is 12.3 Å². The molecule has 0 spiro atoms. The van der Waals surface area contributed by atoms with Crippen molar-refractivity contribution in [3.05, 3.63) is 53.0 Å². The lowest BCUT2D eigenvalue weighted by Crippen LogP contribution is -2.40. The van der Waals surface area contributed by atoms with Gasteiger partial charge in [-0.3, -0.25) is 9.78 Å². The average molecular weight is 547 g/mol. The lowest BCUT2D eigenvalue weighted by Gasteiger charge is -2.31. The lowest BCUT2D eigenvalue weighted by molar-refractivity contribution is -0.128. The average Bonchev–Trinajstić information content (AvgIpc) is 2.86. The molecule has 3 heterocycles. The van der Waals surface area contributed by atoms with Gasteiger partial charge in [0, 0.05) is 50.2 Å². The Balaban J connectivity index is 1.79. The smallest absolute Gasteiger partial charge is 0.297 e. The highest BCUT2D eigenvalue weighted by molar-refractivity contribution is 7.71. The molecule has 3 aromatic rings. The van der Waals surface area contributed by atoms with Gasteiger partial charge in [-0.05, 0) is 24.1 Å². The summed E-state index contributed by atoms with van der Waals surface area (Å²) in [6.07, 6.45) is 4.47. The standard InChI is InChI=1S/C26H26F4N5O2P/c1-5-20(17-7-6-8-19(15(17)2)26(4,29)30)32-24-18-13-22(31-14-21(18)33-25(34-24)23(27)28)38(37)11-9-35(10-12-38)16(3)36/h1,6-8,13-14,20,23H,9-12H2,2-4H3,(H,32,33,34)/t20-/m1/s1. The van der Waals surface area contributed by atoms with Crippen molar-refractivity contribution in [2.45, 2.75) is 39.2 Å². The summed E-state index contributed by atoms with van der Waals surface area (Å²) < 4.78 is 69.2. The molecule has 1 N–H and O–H groups in total. The second-order valence-electron chi connectivity index (χ2n) is 9.29. The molecule has 0 bridgehead atoms. The molecular formula is C26H26F4N5O2P. The minimum absolute atomic E-state index is 0.0565. The lowest BCUT2D eigenvalue weighted by atomic mass is 9.94. The number of pyridine rings is 1. The molecule has 7 nitrogen and oxygen atoms in total. The van der Waals surface area contributed by atoms with Gasteiger partial charge in [0.1, 0.15) is 24.4 Å². The van der Waals surface area contributed by atoms with E-state index in [0.717, 1.165) is 6.92 Å². The van der Waals surface area contributed by atoms with E-state index in [1.54, 1.807) is 11.0 Å². The van der Waals surface area contributed by atoms with Crippen LogP contribution >= 0.6 is 7.14 Å². The van der Waals surface area contributed by atoms with Crippen LogP contribution < -0.4 is 10.8 Å². The quantitative estimate of drug-likeness (QED) is 0.265. The molecular weight excluding hydrogens is 521 g/mol. The fourth-order valence-corrected chi connectivity index (χ4v) is 7.03. The van der Waals surface area contributed by atoms with E-state index in [4.69, 9.17) is 6.42 Å². The minimum atomic E-state index is -3.12. The molecule has 200 valence electrons. The summed E-state index contributed by atoms with van der Waals surface area (Å²) in [6, 6.07) is 4.83. The van der Waals surface area contributed by atoms with E-state index >= 15 is 0 Å². The Kier molecular flexibility index (Phi) is 7.48. The van der Waals surface area contributed by atoms with Gasteiger partial charge < -0.3 is 14.8 Å². The zero-order valence-electron chi connectivity index (χ0n) is 21.0. The molecule has 0 radical (unpaired) electrons. The van der Waals surface area contributed by atoms with Gasteiger partial charge >= 0.3 is 0 Å². The maximum atomic E-state index is 14.1. The van der Waals surface area contributed by atoms with E-state index in [0.29, 0.717) is 18.7 Å². The highest BCUT2D eigenvalue weighted by Crippen LogP contribution is 2.46. The number of alkyl halides is 4. The van der Waals surface area contributed by atoms with Gasteiger partial charge in [-0.1, -0.05) is 24.1 Å². The summed E-state index contributed by atoms with van der Waals surface area (Å²) in [6.45, 7) is 4.37. The molecule has 38 heavy (non-hydrogen) atoms. The molecule has 1 fully saturated rings. The number of hydrogen-bond acceptors (Lipinski definition) is 6. The number of benzene rings is 1. The number of terminal acetylenes is 1. The van der Waals surface area contributed by atoms with Gasteiger partial charge in [-0.25, -0.2) is 27.5 Å². The molecule has 1 atom stereocenters. The molecule has 0 saturated carbocycles. The van der Waals surface area contributed by atoms with Crippen molar-refractivity contribution >= 4 is 35.2 Å². The van der Waals surface area contributed by atoms with Crippen molar-refractivity contribution in [3.8, 4) is 12.3 Å². The van der Waals surface area contributed by atoms with E-state index < -0.39 is 31.4 Å². The fraction of sp³-hybridized carbons (Fsp3) is 0.385. The first-order valence-corrected chi connectivity index (χ1v) is 13.9. The third kappa shape index (κ3) is 5.37. The van der Waals surface area contributed by atoms with Crippen LogP contribution in [0.1, 0.15) is 48.8 Å². The van der Waals surface area contributed by atoms with Crippen LogP contribution in [0, 0.1) is 19.3 Å². The van der Waals surface area contributed by atoms with Crippen LogP contribution in [0.25, 0.3) is 10.9 Å². The molecule has 1 saturated heterocycles. The summed E-state index contributed by atoms with van der Waals surface area (Å²) >= 11 is 0. The summed E-state index contributed by atoms with van der Waals surface area (Å²) in [5, 5.41) is 3.19. The van der Waals surface area contributed by atoms with Gasteiger partial charge in [0.2, 0.25) is 5.91 Å². The van der Waals surface area contributed by atoms with E-state index in [-0.39, 0.29) is 51.5 Å². The molecule has 2 aromatic heterocycles. The van der Waals surface area contributed by atoms with Gasteiger partial charge in [-0.2, -0.15) is 0 Å². The number of halogens is 4. The summed E-state index contributed by atoms with van der Waals surface area (Å²) in [7, 11) is -2.99. The molecule has 12 heteroatoms. The zero-order chi connectivity index (χ0) is 27.8. The molecule has 1 aromatic carbocycles. The number of rotatable bonds is 6. The second-order valence-corrected chi connectivity index (χ2v) is 12.4. The SMILES string of the molecule is C#C[C@@H](Nc1nc(C(F)F)nc2cnc(P3(=O)CCN(C(C)=O)CC3)cc12)c1cccc(C(C)(F)F)c1C. The summed E-state index contributed by atoms with van der Waals surface area (Å²) in [4.78, 5) is 25.4.